The Morgan fingerprint density at radius 1 is 1.30 bits per heavy atom. The van der Waals surface area contributed by atoms with Gasteiger partial charge in [0, 0.05) is 36.3 Å². The summed E-state index contributed by atoms with van der Waals surface area (Å²) in [5, 5.41) is 29.8. The summed E-state index contributed by atoms with van der Waals surface area (Å²) in [6.07, 6.45) is -0.614. The van der Waals surface area contributed by atoms with E-state index in [2.05, 4.69) is 37.5 Å². The fourth-order valence-corrected chi connectivity index (χ4v) is 3.87. The number of H-pyrrole nitrogens is 1. The molecule has 0 spiro atoms. The van der Waals surface area contributed by atoms with Gasteiger partial charge >= 0.3 is 6.18 Å². The van der Waals surface area contributed by atoms with E-state index in [1.807, 2.05) is 0 Å². The zero-order valence-corrected chi connectivity index (χ0v) is 16.5. The number of nitrogens with one attached hydrogen (secondary N) is 2. The Labute approximate surface area is 171 Å². The molecule has 30 heavy (non-hydrogen) atoms. The van der Waals surface area contributed by atoms with Gasteiger partial charge in [0.15, 0.2) is 0 Å². The molecule has 0 aliphatic carbocycles. The SMILES string of the molecule is CCN1CCC[C@H](NCc2nnc(-c3ccc(C(F)(F)F)cc3O)c3n[nH]cc23)C1. The number of alkyl halides is 3. The Morgan fingerprint density at radius 2 is 2.13 bits per heavy atom. The molecule has 0 bridgehead atoms. The quantitative estimate of drug-likeness (QED) is 0.587. The highest BCUT2D eigenvalue weighted by Crippen LogP contribution is 2.37. The van der Waals surface area contributed by atoms with Crippen molar-refractivity contribution in [1.29, 1.82) is 0 Å². The number of rotatable bonds is 5. The summed E-state index contributed by atoms with van der Waals surface area (Å²) in [5.41, 5.74) is 0.608. The molecule has 1 aliphatic rings. The largest absolute Gasteiger partial charge is 0.507 e. The monoisotopic (exact) mass is 420 g/mol. The van der Waals surface area contributed by atoms with E-state index in [4.69, 9.17) is 0 Å². The topological polar surface area (TPSA) is 90.0 Å². The minimum atomic E-state index is -4.54. The van der Waals surface area contributed by atoms with Crippen LogP contribution >= 0.6 is 0 Å². The number of hydrogen-bond donors (Lipinski definition) is 3. The van der Waals surface area contributed by atoms with E-state index in [1.54, 1.807) is 6.20 Å². The molecule has 160 valence electrons. The molecule has 3 N–H and O–H groups in total. The van der Waals surface area contributed by atoms with Gasteiger partial charge in [-0.05, 0) is 44.1 Å². The predicted molar refractivity (Wildman–Crippen MR) is 106 cm³/mol. The highest BCUT2D eigenvalue weighted by atomic mass is 19.4. The molecular weight excluding hydrogens is 397 g/mol. The van der Waals surface area contributed by atoms with E-state index in [0.29, 0.717) is 29.9 Å². The van der Waals surface area contributed by atoms with Gasteiger partial charge in [0.2, 0.25) is 0 Å². The second-order valence-corrected chi connectivity index (χ2v) is 7.49. The number of piperidine rings is 1. The number of phenolic OH excluding ortho intramolecular Hbond substituents is 1. The van der Waals surface area contributed by atoms with Gasteiger partial charge in [-0.15, -0.1) is 5.10 Å². The average Bonchev–Trinajstić information content (AvgIpc) is 3.22. The fraction of sp³-hybridized carbons (Fsp3) is 0.450. The Bertz CT molecular complexity index is 1040. The van der Waals surface area contributed by atoms with Crippen LogP contribution in [0.1, 0.15) is 31.0 Å². The maximum Gasteiger partial charge on any atom is 0.416 e. The van der Waals surface area contributed by atoms with Gasteiger partial charge < -0.3 is 15.3 Å². The number of phenols is 1. The van der Waals surface area contributed by atoms with E-state index in [-0.39, 0.29) is 11.3 Å². The van der Waals surface area contributed by atoms with Gasteiger partial charge in [-0.1, -0.05) is 6.92 Å². The third-order valence-electron chi connectivity index (χ3n) is 5.54. The second-order valence-electron chi connectivity index (χ2n) is 7.49. The van der Waals surface area contributed by atoms with E-state index < -0.39 is 17.5 Å². The average molecular weight is 420 g/mol. The van der Waals surface area contributed by atoms with Crippen molar-refractivity contribution in [3.63, 3.8) is 0 Å². The van der Waals surface area contributed by atoms with Crippen LogP contribution in [0.3, 0.4) is 0 Å². The lowest BCUT2D eigenvalue weighted by Gasteiger charge is -2.32. The molecule has 0 unspecified atom stereocenters. The lowest BCUT2D eigenvalue weighted by molar-refractivity contribution is -0.137. The van der Waals surface area contributed by atoms with Crippen molar-refractivity contribution in [3.8, 4) is 17.0 Å². The second kappa shape index (κ2) is 8.19. The van der Waals surface area contributed by atoms with Crippen LogP contribution in [-0.2, 0) is 12.7 Å². The lowest BCUT2D eigenvalue weighted by Crippen LogP contribution is -2.45. The number of likely N-dealkylation sites (tertiary alicyclic amines) is 1. The number of hydrogen-bond acceptors (Lipinski definition) is 6. The summed E-state index contributed by atoms with van der Waals surface area (Å²) in [6, 6.07) is 3.15. The first-order chi connectivity index (χ1) is 14.4. The van der Waals surface area contributed by atoms with Gasteiger partial charge in [-0.3, -0.25) is 5.10 Å². The van der Waals surface area contributed by atoms with Gasteiger partial charge in [0.05, 0.1) is 11.3 Å². The summed E-state index contributed by atoms with van der Waals surface area (Å²) in [6.45, 7) is 5.78. The van der Waals surface area contributed by atoms with Gasteiger partial charge in [-0.25, -0.2) is 0 Å². The molecule has 3 heterocycles. The van der Waals surface area contributed by atoms with E-state index in [9.17, 15) is 18.3 Å². The Morgan fingerprint density at radius 3 is 2.87 bits per heavy atom. The molecule has 10 heteroatoms. The van der Waals surface area contributed by atoms with Crippen LogP contribution in [0.15, 0.2) is 24.4 Å². The van der Waals surface area contributed by atoms with Crippen LogP contribution in [0.25, 0.3) is 22.2 Å². The van der Waals surface area contributed by atoms with Crippen LogP contribution in [0, 0.1) is 0 Å². The molecule has 2 aromatic heterocycles. The molecule has 0 amide bonds. The first-order valence-corrected chi connectivity index (χ1v) is 9.92. The van der Waals surface area contributed by atoms with Crippen molar-refractivity contribution in [3.05, 3.63) is 35.7 Å². The highest BCUT2D eigenvalue weighted by Gasteiger charge is 2.31. The molecule has 3 aromatic rings. The Balaban J connectivity index is 1.59. The first-order valence-electron chi connectivity index (χ1n) is 9.92. The van der Waals surface area contributed by atoms with Crippen LogP contribution in [-0.4, -0.2) is 56.1 Å². The summed E-state index contributed by atoms with van der Waals surface area (Å²) < 4.78 is 38.6. The number of fused-ring (bicyclic) bond motifs is 1. The summed E-state index contributed by atoms with van der Waals surface area (Å²) in [4.78, 5) is 2.40. The van der Waals surface area contributed by atoms with Gasteiger partial charge in [-0.2, -0.15) is 23.4 Å². The predicted octanol–water partition coefficient (Wildman–Crippen LogP) is 3.32. The zero-order valence-electron chi connectivity index (χ0n) is 16.5. The summed E-state index contributed by atoms with van der Waals surface area (Å²) in [7, 11) is 0. The van der Waals surface area contributed by atoms with Crippen molar-refractivity contribution in [2.75, 3.05) is 19.6 Å². The molecule has 1 atom stereocenters. The molecule has 1 saturated heterocycles. The van der Waals surface area contributed by atoms with Crippen molar-refractivity contribution < 1.29 is 18.3 Å². The molecule has 0 saturated carbocycles. The zero-order chi connectivity index (χ0) is 21.3. The lowest BCUT2D eigenvalue weighted by atomic mass is 10.0. The number of aromatic amines is 1. The third kappa shape index (κ3) is 4.10. The van der Waals surface area contributed by atoms with E-state index in [1.165, 1.54) is 6.07 Å². The van der Waals surface area contributed by atoms with Crippen LogP contribution in [0.5, 0.6) is 5.75 Å². The number of aromatic nitrogens is 4. The Hall–Kier alpha value is -2.72. The number of likely N-dealkylation sites (N-methyl/N-ethyl adjacent to an activating group) is 1. The van der Waals surface area contributed by atoms with Crippen LogP contribution in [0.2, 0.25) is 0 Å². The molecule has 1 fully saturated rings. The molecule has 1 aliphatic heterocycles. The van der Waals surface area contributed by atoms with Crippen molar-refractivity contribution in [2.45, 2.75) is 38.5 Å². The van der Waals surface area contributed by atoms with Crippen LogP contribution in [0.4, 0.5) is 13.2 Å². The molecule has 0 radical (unpaired) electrons. The van der Waals surface area contributed by atoms with E-state index in [0.717, 1.165) is 43.9 Å². The van der Waals surface area contributed by atoms with Crippen LogP contribution < -0.4 is 5.32 Å². The number of halogens is 3. The molecule has 7 nitrogen and oxygen atoms in total. The fourth-order valence-electron chi connectivity index (χ4n) is 3.87. The minimum absolute atomic E-state index is 0.151. The van der Waals surface area contributed by atoms with E-state index >= 15 is 0 Å². The summed E-state index contributed by atoms with van der Waals surface area (Å²) in [5.74, 6) is -0.517. The number of aromatic hydroxyl groups is 1. The van der Waals surface area contributed by atoms with Gasteiger partial charge in [0.25, 0.3) is 0 Å². The van der Waals surface area contributed by atoms with Crippen molar-refractivity contribution >= 4 is 10.9 Å². The third-order valence-corrected chi connectivity index (χ3v) is 5.54. The van der Waals surface area contributed by atoms with Gasteiger partial charge in [0.1, 0.15) is 17.0 Å². The maximum absolute atomic E-state index is 12.9. The van der Waals surface area contributed by atoms with Crippen molar-refractivity contribution in [2.24, 2.45) is 0 Å². The first kappa shape index (κ1) is 20.5. The Kier molecular flexibility index (Phi) is 5.61. The number of nitrogens with zero attached hydrogens (tertiary/aromatic N) is 4. The highest BCUT2D eigenvalue weighted by molar-refractivity contribution is 5.93. The van der Waals surface area contributed by atoms with Crippen molar-refractivity contribution in [1.82, 2.24) is 30.6 Å². The normalized spacial score (nSPS) is 18.2. The standard InChI is InChI=1S/C20H23F3N6O/c1-2-29-7-3-4-13(11-29)24-10-16-15-9-25-27-19(15)18(28-26-16)14-6-5-12(8-17(14)30)20(21,22)23/h5-6,8-9,13,24,30H,2-4,7,10-11H2,1H3,(H,25,27)/t13-/m0/s1. The molecule has 4 rings (SSSR count). The number of benzene rings is 1. The molecular formula is C20H23F3N6O. The minimum Gasteiger partial charge on any atom is -0.507 e. The molecule has 1 aromatic carbocycles. The summed E-state index contributed by atoms with van der Waals surface area (Å²) >= 11 is 0. The smallest absolute Gasteiger partial charge is 0.416 e. The maximum atomic E-state index is 12.9.